The van der Waals surface area contributed by atoms with E-state index in [1.807, 2.05) is 26.0 Å². The van der Waals surface area contributed by atoms with Crippen LogP contribution in [0.3, 0.4) is 0 Å². The molecule has 4 heteroatoms. The van der Waals surface area contributed by atoms with Gasteiger partial charge in [0.1, 0.15) is 5.75 Å². The fourth-order valence-corrected chi connectivity index (χ4v) is 2.68. The molecule has 2 aromatic rings. The Morgan fingerprint density at radius 3 is 2.78 bits per heavy atom. The molecule has 0 aliphatic rings. The van der Waals surface area contributed by atoms with Gasteiger partial charge in [-0.05, 0) is 25.5 Å². The Kier molecular flexibility index (Phi) is 3.99. The van der Waals surface area contributed by atoms with Crippen molar-refractivity contribution >= 4 is 11.3 Å². The number of methoxy groups -OCH3 is 1. The number of benzene rings is 1. The number of ether oxygens (including phenoxy) is 1. The summed E-state index contributed by atoms with van der Waals surface area (Å²) < 4.78 is 5.32. The van der Waals surface area contributed by atoms with E-state index < -0.39 is 6.10 Å². The van der Waals surface area contributed by atoms with E-state index >= 15 is 0 Å². The molecule has 0 saturated carbocycles. The van der Waals surface area contributed by atoms with Crippen LogP contribution in [0.4, 0.5) is 0 Å². The minimum absolute atomic E-state index is 0.521. The third-order valence-corrected chi connectivity index (χ3v) is 3.83. The molecule has 1 aromatic carbocycles. The summed E-state index contributed by atoms with van der Waals surface area (Å²) in [5.74, 6) is 0.820. The number of hydrogen-bond acceptors (Lipinski definition) is 4. The first kappa shape index (κ1) is 13.1. The summed E-state index contributed by atoms with van der Waals surface area (Å²) in [6.45, 7) is 3.97. The normalized spacial score (nSPS) is 12.4. The molecule has 0 aliphatic carbocycles. The lowest BCUT2D eigenvalue weighted by Gasteiger charge is -2.12. The zero-order chi connectivity index (χ0) is 13.1. The van der Waals surface area contributed by atoms with Crippen molar-refractivity contribution in [2.75, 3.05) is 7.11 Å². The van der Waals surface area contributed by atoms with Gasteiger partial charge in [0.05, 0.1) is 23.1 Å². The highest BCUT2D eigenvalue weighted by Crippen LogP contribution is 2.28. The number of aliphatic hydroxyl groups excluding tert-OH is 1. The molecule has 0 bridgehead atoms. The van der Waals surface area contributed by atoms with Gasteiger partial charge in [-0.15, -0.1) is 11.3 Å². The maximum Gasteiger partial charge on any atom is 0.122 e. The molecule has 2 rings (SSSR count). The van der Waals surface area contributed by atoms with Gasteiger partial charge in [0.25, 0.3) is 0 Å². The van der Waals surface area contributed by atoms with Crippen LogP contribution in [0.2, 0.25) is 0 Å². The maximum absolute atomic E-state index is 10.2. The van der Waals surface area contributed by atoms with Gasteiger partial charge in [0.15, 0.2) is 0 Å². The topological polar surface area (TPSA) is 42.4 Å². The van der Waals surface area contributed by atoms with Gasteiger partial charge >= 0.3 is 0 Å². The van der Waals surface area contributed by atoms with E-state index in [0.717, 1.165) is 21.2 Å². The number of hydrogen-bond donors (Lipinski definition) is 1. The molecule has 1 aromatic heterocycles. The van der Waals surface area contributed by atoms with Crippen molar-refractivity contribution in [1.29, 1.82) is 0 Å². The summed E-state index contributed by atoms with van der Waals surface area (Å²) in [6, 6.07) is 6.00. The van der Waals surface area contributed by atoms with E-state index in [4.69, 9.17) is 4.74 Å². The summed E-state index contributed by atoms with van der Waals surface area (Å²) in [5, 5.41) is 11.2. The van der Waals surface area contributed by atoms with Gasteiger partial charge < -0.3 is 9.84 Å². The molecule has 3 nitrogen and oxygen atoms in total. The lowest BCUT2D eigenvalue weighted by atomic mass is 10.0. The second-order valence-corrected chi connectivity index (χ2v) is 5.58. The molecule has 1 unspecified atom stereocenters. The highest BCUT2D eigenvalue weighted by Gasteiger charge is 2.14. The Morgan fingerprint density at radius 2 is 2.17 bits per heavy atom. The van der Waals surface area contributed by atoms with Gasteiger partial charge in [-0.2, -0.15) is 0 Å². The van der Waals surface area contributed by atoms with Crippen molar-refractivity contribution in [3.8, 4) is 5.75 Å². The molecule has 0 aliphatic heterocycles. The predicted octanol–water partition coefficient (Wildman–Crippen LogP) is 3.04. The van der Waals surface area contributed by atoms with Crippen LogP contribution in [0.25, 0.3) is 0 Å². The van der Waals surface area contributed by atoms with Gasteiger partial charge in [0.2, 0.25) is 0 Å². The highest BCUT2D eigenvalue weighted by molar-refractivity contribution is 7.11. The second kappa shape index (κ2) is 5.50. The molecule has 0 spiro atoms. The predicted molar refractivity (Wildman–Crippen MR) is 73.2 cm³/mol. The van der Waals surface area contributed by atoms with Crippen LogP contribution in [0.5, 0.6) is 5.75 Å². The Labute approximate surface area is 111 Å². The molecule has 96 valence electrons. The van der Waals surface area contributed by atoms with Gasteiger partial charge in [-0.1, -0.05) is 17.7 Å². The van der Waals surface area contributed by atoms with Gasteiger partial charge in [-0.3, -0.25) is 0 Å². The minimum atomic E-state index is -0.521. The van der Waals surface area contributed by atoms with Gasteiger partial charge in [-0.25, -0.2) is 4.98 Å². The van der Waals surface area contributed by atoms with Crippen molar-refractivity contribution in [2.45, 2.75) is 26.4 Å². The standard InChI is InChI=1S/C14H17NO2S/c1-9-4-5-13(17-3)11(6-9)7-12(16)14-8-15-10(2)18-14/h4-6,8,12,16H,7H2,1-3H3. The number of rotatable bonds is 4. The first-order valence-corrected chi connectivity index (χ1v) is 6.65. The fourth-order valence-electron chi connectivity index (χ4n) is 1.91. The second-order valence-electron chi connectivity index (χ2n) is 4.32. The molecule has 0 radical (unpaired) electrons. The Balaban J connectivity index is 2.20. The van der Waals surface area contributed by atoms with E-state index in [1.165, 1.54) is 16.9 Å². The number of aliphatic hydroxyl groups is 1. The molecule has 0 fully saturated rings. The summed E-state index contributed by atoms with van der Waals surface area (Å²) in [5.41, 5.74) is 2.19. The molecular formula is C14H17NO2S. The van der Waals surface area contributed by atoms with E-state index in [-0.39, 0.29) is 0 Å². The van der Waals surface area contributed by atoms with Crippen molar-refractivity contribution in [1.82, 2.24) is 4.98 Å². The third kappa shape index (κ3) is 2.89. The van der Waals surface area contributed by atoms with Crippen molar-refractivity contribution in [2.24, 2.45) is 0 Å². The molecular weight excluding hydrogens is 246 g/mol. The molecule has 0 saturated heterocycles. The van der Waals surface area contributed by atoms with Crippen LogP contribution < -0.4 is 4.74 Å². The number of nitrogens with zero attached hydrogens (tertiary/aromatic N) is 1. The van der Waals surface area contributed by atoms with Crippen LogP contribution in [-0.4, -0.2) is 17.2 Å². The largest absolute Gasteiger partial charge is 0.496 e. The van der Waals surface area contributed by atoms with Crippen LogP contribution in [-0.2, 0) is 6.42 Å². The van der Waals surface area contributed by atoms with E-state index in [1.54, 1.807) is 13.3 Å². The average Bonchev–Trinajstić information content (AvgIpc) is 2.76. The lowest BCUT2D eigenvalue weighted by molar-refractivity contribution is 0.181. The SMILES string of the molecule is COc1ccc(C)cc1CC(O)c1cnc(C)s1. The monoisotopic (exact) mass is 263 g/mol. The molecule has 0 amide bonds. The Bertz CT molecular complexity index is 536. The Hall–Kier alpha value is -1.39. The molecule has 18 heavy (non-hydrogen) atoms. The number of aromatic nitrogens is 1. The summed E-state index contributed by atoms with van der Waals surface area (Å²) in [7, 11) is 1.65. The van der Waals surface area contributed by atoms with Crippen LogP contribution >= 0.6 is 11.3 Å². The van der Waals surface area contributed by atoms with Crippen LogP contribution in [0, 0.1) is 13.8 Å². The number of thiazole rings is 1. The minimum Gasteiger partial charge on any atom is -0.496 e. The van der Waals surface area contributed by atoms with E-state index in [9.17, 15) is 5.11 Å². The Morgan fingerprint density at radius 1 is 1.39 bits per heavy atom. The lowest BCUT2D eigenvalue weighted by Crippen LogP contribution is -2.02. The van der Waals surface area contributed by atoms with Gasteiger partial charge in [0, 0.05) is 12.6 Å². The average molecular weight is 263 g/mol. The van der Waals surface area contributed by atoms with Crippen molar-refractivity contribution < 1.29 is 9.84 Å². The first-order chi connectivity index (χ1) is 8.60. The van der Waals surface area contributed by atoms with Crippen LogP contribution in [0.15, 0.2) is 24.4 Å². The molecule has 1 N–H and O–H groups in total. The van der Waals surface area contributed by atoms with E-state index in [0.29, 0.717) is 6.42 Å². The first-order valence-electron chi connectivity index (χ1n) is 5.84. The summed E-state index contributed by atoms with van der Waals surface area (Å²) in [4.78, 5) is 5.07. The maximum atomic E-state index is 10.2. The summed E-state index contributed by atoms with van der Waals surface area (Å²) in [6.07, 6.45) is 1.77. The number of aryl methyl sites for hydroxylation is 2. The smallest absolute Gasteiger partial charge is 0.122 e. The fraction of sp³-hybridized carbons (Fsp3) is 0.357. The summed E-state index contributed by atoms with van der Waals surface area (Å²) >= 11 is 1.53. The molecule has 1 atom stereocenters. The zero-order valence-corrected chi connectivity index (χ0v) is 11.6. The van der Waals surface area contributed by atoms with E-state index in [2.05, 4.69) is 11.1 Å². The van der Waals surface area contributed by atoms with Crippen LogP contribution in [0.1, 0.15) is 27.1 Å². The molecule has 1 heterocycles. The van der Waals surface area contributed by atoms with Crippen molar-refractivity contribution in [3.05, 3.63) is 45.4 Å². The zero-order valence-electron chi connectivity index (χ0n) is 10.8. The quantitative estimate of drug-likeness (QED) is 0.922. The van der Waals surface area contributed by atoms with Crippen molar-refractivity contribution in [3.63, 3.8) is 0 Å². The highest BCUT2D eigenvalue weighted by atomic mass is 32.1. The third-order valence-electron chi connectivity index (χ3n) is 2.82.